The molecule has 2 rings (SSSR count). The number of nitrogens with zero attached hydrogens (tertiary/aromatic N) is 1. The van der Waals surface area contributed by atoms with Crippen LogP contribution in [0.15, 0.2) is 28.1 Å². The lowest BCUT2D eigenvalue weighted by Gasteiger charge is -2.11. The van der Waals surface area contributed by atoms with Crippen molar-refractivity contribution in [2.75, 3.05) is 13.2 Å². The van der Waals surface area contributed by atoms with Crippen LogP contribution in [0, 0.1) is 6.92 Å². The number of hydrogen-bond acceptors (Lipinski definition) is 6. The van der Waals surface area contributed by atoms with Gasteiger partial charge in [-0.15, -0.1) is 11.3 Å². The third-order valence-electron chi connectivity index (χ3n) is 2.50. The predicted molar refractivity (Wildman–Crippen MR) is 72.9 cm³/mol. The zero-order valence-electron chi connectivity index (χ0n) is 10.8. The van der Waals surface area contributed by atoms with Crippen molar-refractivity contribution in [1.29, 1.82) is 0 Å². The second-order valence-corrected chi connectivity index (χ2v) is 5.34. The molecule has 0 aliphatic carbocycles. The summed E-state index contributed by atoms with van der Waals surface area (Å²) in [6.07, 6.45) is -0.520. The Hall–Kier alpha value is -1.21. The van der Waals surface area contributed by atoms with E-state index in [1.807, 2.05) is 30.5 Å². The van der Waals surface area contributed by atoms with Crippen molar-refractivity contribution < 1.29 is 14.4 Å². The van der Waals surface area contributed by atoms with Crippen LogP contribution >= 0.6 is 11.3 Å². The van der Waals surface area contributed by atoms with Crippen LogP contribution in [-0.2, 0) is 17.9 Å². The van der Waals surface area contributed by atoms with Crippen molar-refractivity contribution in [3.05, 3.63) is 39.9 Å². The fourth-order valence-electron chi connectivity index (χ4n) is 1.62. The van der Waals surface area contributed by atoms with Crippen LogP contribution in [0.2, 0.25) is 0 Å². The van der Waals surface area contributed by atoms with Gasteiger partial charge in [0, 0.05) is 24.0 Å². The van der Waals surface area contributed by atoms with E-state index in [0.717, 1.165) is 11.5 Å². The van der Waals surface area contributed by atoms with E-state index in [0.29, 0.717) is 26.3 Å². The summed E-state index contributed by atoms with van der Waals surface area (Å²) < 4.78 is 10.4. The molecule has 0 aliphatic rings. The Morgan fingerprint density at radius 2 is 2.47 bits per heavy atom. The molecule has 2 N–H and O–H groups in total. The SMILES string of the molecule is Cc1cc(CNCC(O)COCc2cccs2)no1. The molecular weight excluding hydrogens is 264 g/mol. The molecule has 2 aromatic heterocycles. The van der Waals surface area contributed by atoms with Gasteiger partial charge in [0.2, 0.25) is 0 Å². The molecule has 19 heavy (non-hydrogen) atoms. The summed E-state index contributed by atoms with van der Waals surface area (Å²) in [5, 5.41) is 18.7. The Balaban J connectivity index is 1.55. The van der Waals surface area contributed by atoms with Gasteiger partial charge in [-0.05, 0) is 18.4 Å². The van der Waals surface area contributed by atoms with Crippen LogP contribution in [0.3, 0.4) is 0 Å². The van der Waals surface area contributed by atoms with Gasteiger partial charge in [-0.2, -0.15) is 0 Å². The van der Waals surface area contributed by atoms with Crippen molar-refractivity contribution in [3.63, 3.8) is 0 Å². The molecule has 2 heterocycles. The second kappa shape index (κ2) is 7.40. The van der Waals surface area contributed by atoms with Gasteiger partial charge in [-0.3, -0.25) is 0 Å². The Kier molecular flexibility index (Phi) is 5.53. The fourth-order valence-corrected chi connectivity index (χ4v) is 2.26. The highest BCUT2D eigenvalue weighted by molar-refractivity contribution is 7.09. The predicted octanol–water partition coefficient (Wildman–Crippen LogP) is 1.71. The van der Waals surface area contributed by atoms with Crippen molar-refractivity contribution >= 4 is 11.3 Å². The standard InChI is InChI=1S/C13H18N2O3S/c1-10-5-11(15-18-10)6-14-7-12(16)8-17-9-13-3-2-4-19-13/h2-5,12,14,16H,6-9H2,1H3. The Morgan fingerprint density at radius 1 is 1.58 bits per heavy atom. The fraction of sp³-hybridized carbons (Fsp3) is 0.462. The summed E-state index contributed by atoms with van der Waals surface area (Å²) in [4.78, 5) is 1.17. The third-order valence-corrected chi connectivity index (χ3v) is 3.35. The van der Waals surface area contributed by atoms with E-state index < -0.39 is 6.10 Å². The van der Waals surface area contributed by atoms with Crippen molar-refractivity contribution in [2.24, 2.45) is 0 Å². The number of aryl methyl sites for hydroxylation is 1. The maximum Gasteiger partial charge on any atom is 0.133 e. The molecule has 104 valence electrons. The Bertz CT molecular complexity index is 470. The number of aromatic nitrogens is 1. The topological polar surface area (TPSA) is 67.5 Å². The summed E-state index contributed by atoms with van der Waals surface area (Å²) in [5.41, 5.74) is 0.837. The zero-order valence-corrected chi connectivity index (χ0v) is 11.7. The lowest BCUT2D eigenvalue weighted by atomic mass is 10.3. The van der Waals surface area contributed by atoms with Crippen LogP contribution in [-0.4, -0.2) is 29.5 Å². The van der Waals surface area contributed by atoms with Crippen LogP contribution in [0.1, 0.15) is 16.3 Å². The smallest absolute Gasteiger partial charge is 0.133 e. The minimum Gasteiger partial charge on any atom is -0.389 e. The number of nitrogens with one attached hydrogen (secondary N) is 1. The van der Waals surface area contributed by atoms with E-state index in [4.69, 9.17) is 9.26 Å². The average molecular weight is 282 g/mol. The van der Waals surface area contributed by atoms with Gasteiger partial charge in [0.1, 0.15) is 5.76 Å². The molecule has 0 aliphatic heterocycles. The molecule has 0 spiro atoms. The van der Waals surface area contributed by atoms with Crippen LogP contribution in [0.5, 0.6) is 0 Å². The van der Waals surface area contributed by atoms with Crippen LogP contribution < -0.4 is 5.32 Å². The van der Waals surface area contributed by atoms with Gasteiger partial charge < -0.3 is 19.7 Å². The van der Waals surface area contributed by atoms with Crippen LogP contribution in [0.25, 0.3) is 0 Å². The summed E-state index contributed by atoms with van der Waals surface area (Å²) in [6, 6.07) is 5.87. The van der Waals surface area contributed by atoms with E-state index in [1.165, 1.54) is 4.88 Å². The highest BCUT2D eigenvalue weighted by atomic mass is 32.1. The lowest BCUT2D eigenvalue weighted by molar-refractivity contribution is 0.0297. The monoisotopic (exact) mass is 282 g/mol. The minimum absolute atomic E-state index is 0.322. The highest BCUT2D eigenvalue weighted by Crippen LogP contribution is 2.09. The van der Waals surface area contributed by atoms with E-state index in [-0.39, 0.29) is 0 Å². The molecule has 0 saturated heterocycles. The first-order valence-corrected chi connectivity index (χ1v) is 7.03. The molecule has 0 saturated carbocycles. The largest absolute Gasteiger partial charge is 0.389 e. The normalized spacial score (nSPS) is 12.7. The first kappa shape index (κ1) is 14.2. The maximum atomic E-state index is 9.73. The van der Waals surface area contributed by atoms with E-state index in [1.54, 1.807) is 11.3 Å². The summed E-state index contributed by atoms with van der Waals surface area (Å²) >= 11 is 1.65. The number of ether oxygens (including phenoxy) is 1. The first-order chi connectivity index (χ1) is 9.24. The molecule has 5 nitrogen and oxygen atoms in total. The van der Waals surface area contributed by atoms with Gasteiger partial charge in [0.05, 0.1) is 25.0 Å². The molecule has 0 bridgehead atoms. The van der Waals surface area contributed by atoms with Gasteiger partial charge >= 0.3 is 0 Å². The summed E-state index contributed by atoms with van der Waals surface area (Å²) in [5.74, 6) is 0.789. The molecule has 0 radical (unpaired) electrons. The second-order valence-electron chi connectivity index (χ2n) is 4.31. The summed E-state index contributed by atoms with van der Waals surface area (Å²) in [6.45, 7) is 3.78. The molecular formula is C13H18N2O3S. The van der Waals surface area contributed by atoms with Crippen molar-refractivity contribution in [3.8, 4) is 0 Å². The zero-order chi connectivity index (χ0) is 13.5. The lowest BCUT2D eigenvalue weighted by Crippen LogP contribution is -2.30. The van der Waals surface area contributed by atoms with Crippen molar-refractivity contribution in [2.45, 2.75) is 26.2 Å². The van der Waals surface area contributed by atoms with Gasteiger partial charge in [0.15, 0.2) is 0 Å². The van der Waals surface area contributed by atoms with Crippen molar-refractivity contribution in [1.82, 2.24) is 10.5 Å². The van der Waals surface area contributed by atoms with E-state index >= 15 is 0 Å². The maximum absolute atomic E-state index is 9.73. The number of aliphatic hydroxyl groups excluding tert-OH is 1. The molecule has 0 fully saturated rings. The van der Waals surface area contributed by atoms with E-state index in [9.17, 15) is 5.11 Å². The molecule has 0 aromatic carbocycles. The molecule has 0 amide bonds. The number of aliphatic hydroxyl groups is 1. The number of hydrogen-bond donors (Lipinski definition) is 2. The molecule has 1 unspecified atom stereocenters. The molecule has 1 atom stereocenters. The molecule has 6 heteroatoms. The number of rotatable bonds is 8. The third kappa shape index (κ3) is 5.12. The first-order valence-electron chi connectivity index (χ1n) is 6.15. The minimum atomic E-state index is -0.520. The van der Waals surface area contributed by atoms with Gasteiger partial charge in [-0.25, -0.2) is 0 Å². The van der Waals surface area contributed by atoms with E-state index in [2.05, 4.69) is 10.5 Å². The quantitative estimate of drug-likeness (QED) is 0.771. The highest BCUT2D eigenvalue weighted by Gasteiger charge is 2.06. The van der Waals surface area contributed by atoms with Gasteiger partial charge in [-0.1, -0.05) is 11.2 Å². The van der Waals surface area contributed by atoms with Gasteiger partial charge in [0.25, 0.3) is 0 Å². The Labute approximate surface area is 116 Å². The summed E-state index contributed by atoms with van der Waals surface area (Å²) in [7, 11) is 0. The average Bonchev–Trinajstić information content (AvgIpc) is 3.01. The number of thiophene rings is 1. The molecule has 2 aromatic rings. The Morgan fingerprint density at radius 3 is 3.16 bits per heavy atom. The van der Waals surface area contributed by atoms with Crippen LogP contribution in [0.4, 0.5) is 0 Å².